The molecule has 1 amide bonds. The summed E-state index contributed by atoms with van der Waals surface area (Å²) in [5.74, 6) is -0.684. The molecule has 128 valence electrons. The number of carbonyl (C=O) groups is 1. The van der Waals surface area contributed by atoms with E-state index in [4.69, 9.17) is 0 Å². The minimum Gasteiger partial charge on any atom is -0.325 e. The van der Waals surface area contributed by atoms with Gasteiger partial charge in [0.15, 0.2) is 0 Å². The molecule has 0 aromatic heterocycles. The van der Waals surface area contributed by atoms with E-state index in [1.165, 1.54) is 24.3 Å². The number of halogens is 6. The summed E-state index contributed by atoms with van der Waals surface area (Å²) in [6.07, 6.45) is -10.9. The summed E-state index contributed by atoms with van der Waals surface area (Å²) in [6, 6.07) is 3.31. The highest BCUT2D eigenvalue weighted by atomic mass is 19.4. The van der Waals surface area contributed by atoms with Gasteiger partial charge in [0.2, 0.25) is 5.91 Å². The van der Waals surface area contributed by atoms with E-state index in [9.17, 15) is 31.1 Å². The Morgan fingerprint density at radius 3 is 2.39 bits per heavy atom. The van der Waals surface area contributed by atoms with Crippen molar-refractivity contribution in [2.75, 3.05) is 18.4 Å². The molecule has 0 saturated carbocycles. The smallest absolute Gasteiger partial charge is 0.325 e. The number of carbonyl (C=O) groups excluding carboxylic acids is 1. The summed E-state index contributed by atoms with van der Waals surface area (Å²) >= 11 is 0. The van der Waals surface area contributed by atoms with Gasteiger partial charge in [0.05, 0.1) is 6.54 Å². The fourth-order valence-electron chi connectivity index (χ4n) is 2.59. The fraction of sp³-hybridized carbons (Fsp3) is 0.500. The molecule has 23 heavy (non-hydrogen) atoms. The summed E-state index contributed by atoms with van der Waals surface area (Å²) in [5.41, 5.74) is -0.143. The van der Waals surface area contributed by atoms with E-state index in [-0.39, 0.29) is 11.3 Å². The van der Waals surface area contributed by atoms with Crippen LogP contribution >= 0.6 is 0 Å². The summed E-state index contributed by atoms with van der Waals surface area (Å²) in [5, 5.41) is 2.36. The third kappa shape index (κ3) is 4.60. The molecule has 2 rings (SSSR count). The number of amides is 1. The zero-order valence-corrected chi connectivity index (χ0v) is 11.8. The average Bonchev–Trinajstić information content (AvgIpc) is 2.51. The monoisotopic (exact) mass is 340 g/mol. The Bertz CT molecular complexity index is 569. The molecule has 0 bridgehead atoms. The third-order valence-corrected chi connectivity index (χ3v) is 3.46. The summed E-state index contributed by atoms with van der Waals surface area (Å²) in [4.78, 5) is 12.5. The van der Waals surface area contributed by atoms with Gasteiger partial charge >= 0.3 is 12.4 Å². The molecule has 0 saturated heterocycles. The Kier molecular flexibility index (Phi) is 4.88. The van der Waals surface area contributed by atoms with Crippen LogP contribution < -0.4 is 5.32 Å². The van der Waals surface area contributed by atoms with Gasteiger partial charge in [0.1, 0.15) is 6.04 Å². The number of fused-ring (bicyclic) bond motifs is 1. The van der Waals surface area contributed by atoms with Crippen LogP contribution in [0.1, 0.15) is 24.4 Å². The highest BCUT2D eigenvalue weighted by Crippen LogP contribution is 2.42. The minimum absolute atomic E-state index is 0.0261. The second kappa shape index (κ2) is 6.38. The van der Waals surface area contributed by atoms with E-state index in [1.807, 2.05) is 0 Å². The van der Waals surface area contributed by atoms with Gasteiger partial charge in [-0.05, 0) is 19.0 Å². The number of hydrogen-bond donors (Lipinski definition) is 1. The first-order valence-corrected chi connectivity index (χ1v) is 6.84. The van der Waals surface area contributed by atoms with E-state index in [1.54, 1.807) is 0 Å². The Hall–Kier alpha value is -1.77. The van der Waals surface area contributed by atoms with Crippen LogP contribution in [0.25, 0.3) is 0 Å². The number of benzene rings is 1. The maximum atomic E-state index is 13.4. The zero-order chi connectivity index (χ0) is 17.3. The third-order valence-electron chi connectivity index (χ3n) is 3.46. The van der Waals surface area contributed by atoms with Crippen molar-refractivity contribution in [3.8, 4) is 0 Å². The largest absolute Gasteiger partial charge is 0.408 e. The van der Waals surface area contributed by atoms with Crippen LogP contribution in [0.5, 0.6) is 0 Å². The van der Waals surface area contributed by atoms with Crippen LogP contribution in [0.4, 0.5) is 32.0 Å². The van der Waals surface area contributed by atoms with Crippen molar-refractivity contribution in [3.05, 3.63) is 29.8 Å². The number of rotatable bonds is 3. The van der Waals surface area contributed by atoms with Gasteiger partial charge in [-0.3, -0.25) is 9.69 Å². The zero-order valence-electron chi connectivity index (χ0n) is 11.8. The quantitative estimate of drug-likeness (QED) is 0.847. The van der Waals surface area contributed by atoms with Gasteiger partial charge in [-0.2, -0.15) is 26.3 Å². The number of nitrogens with one attached hydrogen (secondary N) is 1. The second-order valence-electron chi connectivity index (χ2n) is 5.27. The normalized spacial score (nSPS) is 19.9. The lowest BCUT2D eigenvalue weighted by Crippen LogP contribution is -2.41. The Labute approximate surface area is 128 Å². The van der Waals surface area contributed by atoms with Crippen molar-refractivity contribution < 1.29 is 31.1 Å². The summed E-state index contributed by atoms with van der Waals surface area (Å²) in [7, 11) is 0. The van der Waals surface area contributed by atoms with Crippen LogP contribution in [0.2, 0.25) is 0 Å². The van der Waals surface area contributed by atoms with Crippen LogP contribution in [-0.4, -0.2) is 36.2 Å². The molecule has 1 N–H and O–H groups in total. The van der Waals surface area contributed by atoms with Crippen LogP contribution in [0, 0.1) is 0 Å². The first-order valence-electron chi connectivity index (χ1n) is 6.84. The molecule has 0 radical (unpaired) electrons. The lowest BCUT2D eigenvalue weighted by molar-refractivity contribution is -0.187. The molecular formula is C14H14F6N2O. The lowest BCUT2D eigenvalue weighted by atomic mass is 10.0. The van der Waals surface area contributed by atoms with Gasteiger partial charge in [0.25, 0.3) is 0 Å². The van der Waals surface area contributed by atoms with Crippen LogP contribution in [0.15, 0.2) is 24.3 Å². The molecular weight excluding hydrogens is 326 g/mol. The van der Waals surface area contributed by atoms with Crippen molar-refractivity contribution in [3.63, 3.8) is 0 Å². The van der Waals surface area contributed by atoms with E-state index < -0.39 is 50.2 Å². The number of hydrogen-bond acceptors (Lipinski definition) is 2. The minimum atomic E-state index is -4.71. The molecule has 1 aliphatic rings. The van der Waals surface area contributed by atoms with E-state index >= 15 is 0 Å². The van der Waals surface area contributed by atoms with Gasteiger partial charge < -0.3 is 5.32 Å². The molecule has 1 aliphatic heterocycles. The van der Waals surface area contributed by atoms with Crippen molar-refractivity contribution in [2.45, 2.75) is 31.2 Å². The summed E-state index contributed by atoms with van der Waals surface area (Å²) < 4.78 is 77.0. The molecule has 1 aromatic carbocycles. The molecule has 0 fully saturated rings. The van der Waals surface area contributed by atoms with Gasteiger partial charge in [0, 0.05) is 17.7 Å². The number of anilines is 1. The van der Waals surface area contributed by atoms with Gasteiger partial charge in [-0.1, -0.05) is 18.2 Å². The molecule has 1 atom stereocenters. The average molecular weight is 340 g/mol. The van der Waals surface area contributed by atoms with Crippen molar-refractivity contribution in [1.29, 1.82) is 0 Å². The van der Waals surface area contributed by atoms with Crippen LogP contribution in [-0.2, 0) is 4.79 Å². The number of alkyl halides is 6. The number of nitrogens with zero attached hydrogens (tertiary/aromatic N) is 1. The Morgan fingerprint density at radius 1 is 1.13 bits per heavy atom. The molecule has 9 heteroatoms. The first-order chi connectivity index (χ1) is 10.6. The SMILES string of the molecule is O=C1CN(CCCC(F)(F)F)C(C(F)(F)F)c2ccccc2N1. The van der Waals surface area contributed by atoms with Gasteiger partial charge in [-0.15, -0.1) is 0 Å². The standard InChI is InChI=1S/C14H14F6N2O/c15-13(16,17)6-3-7-22-8-11(23)21-10-5-2-1-4-9(10)12(22)14(18,19)20/h1-2,4-5,12H,3,6-8H2,(H,21,23). The van der Waals surface area contributed by atoms with E-state index in [0.29, 0.717) is 0 Å². The highest BCUT2D eigenvalue weighted by molar-refractivity contribution is 5.94. The maximum Gasteiger partial charge on any atom is 0.408 e. The number of para-hydroxylation sites is 1. The van der Waals surface area contributed by atoms with Crippen molar-refractivity contribution in [2.24, 2.45) is 0 Å². The molecule has 0 spiro atoms. The fourth-order valence-corrected chi connectivity index (χ4v) is 2.59. The summed E-state index contributed by atoms with van der Waals surface area (Å²) in [6.45, 7) is -1.10. The van der Waals surface area contributed by atoms with E-state index in [0.717, 1.165) is 4.90 Å². The van der Waals surface area contributed by atoms with Gasteiger partial charge in [-0.25, -0.2) is 0 Å². The molecule has 1 heterocycles. The van der Waals surface area contributed by atoms with Crippen molar-refractivity contribution in [1.82, 2.24) is 4.90 Å². The maximum absolute atomic E-state index is 13.4. The van der Waals surface area contributed by atoms with Crippen molar-refractivity contribution >= 4 is 11.6 Å². The Balaban J connectivity index is 2.29. The molecule has 1 aromatic rings. The predicted molar refractivity (Wildman–Crippen MR) is 70.7 cm³/mol. The molecule has 3 nitrogen and oxygen atoms in total. The first kappa shape index (κ1) is 17.6. The Morgan fingerprint density at radius 2 is 1.78 bits per heavy atom. The molecule has 0 aliphatic carbocycles. The van der Waals surface area contributed by atoms with Crippen LogP contribution in [0.3, 0.4) is 0 Å². The highest BCUT2D eigenvalue weighted by Gasteiger charge is 2.47. The second-order valence-corrected chi connectivity index (χ2v) is 5.27. The lowest BCUT2D eigenvalue weighted by Gasteiger charge is -2.31. The predicted octanol–water partition coefficient (Wildman–Crippen LogP) is 3.89. The topological polar surface area (TPSA) is 32.3 Å². The molecule has 1 unspecified atom stereocenters. The van der Waals surface area contributed by atoms with E-state index in [2.05, 4.69) is 5.32 Å².